The molecule has 2 heterocycles. The monoisotopic (exact) mass is 436 g/mol. The Labute approximate surface area is 169 Å². The molecule has 0 aromatic carbocycles. The minimum atomic E-state index is -4.24. The number of hydrogen-bond acceptors (Lipinski definition) is 5. The number of rotatable bonds is 7. The molecule has 1 fully saturated rings. The summed E-state index contributed by atoms with van der Waals surface area (Å²) in [5, 5.41) is 3.10. The number of nitrogens with zero attached hydrogens (tertiary/aromatic N) is 4. The van der Waals surface area contributed by atoms with Crippen LogP contribution in [-0.4, -0.2) is 87.2 Å². The van der Waals surface area contributed by atoms with Gasteiger partial charge in [-0.25, -0.2) is 13.1 Å². The molecule has 1 aromatic rings. The molecule has 1 aliphatic rings. The van der Waals surface area contributed by atoms with Gasteiger partial charge in [-0.1, -0.05) is 0 Å². The lowest BCUT2D eigenvalue weighted by Gasteiger charge is -2.39. The van der Waals surface area contributed by atoms with Gasteiger partial charge in [0.25, 0.3) is 0 Å². The first-order valence-corrected chi connectivity index (χ1v) is 10.9. The van der Waals surface area contributed by atoms with Crippen LogP contribution in [0.3, 0.4) is 0 Å². The Bertz CT molecular complexity index is 765. The van der Waals surface area contributed by atoms with Crippen LogP contribution in [0.4, 0.5) is 13.2 Å². The zero-order valence-corrected chi connectivity index (χ0v) is 17.3. The first kappa shape index (κ1) is 23.4. The Kier molecular flexibility index (Phi) is 8.23. The van der Waals surface area contributed by atoms with E-state index < -0.39 is 22.2 Å². The number of alkyl halides is 3. The van der Waals surface area contributed by atoms with E-state index in [1.165, 1.54) is 36.4 Å². The molecule has 0 spiro atoms. The van der Waals surface area contributed by atoms with E-state index in [4.69, 9.17) is 0 Å². The third-order valence-corrected chi connectivity index (χ3v) is 6.03. The molecule has 8 nitrogen and oxygen atoms in total. The highest BCUT2D eigenvalue weighted by molar-refractivity contribution is 7.89. The number of guanidine groups is 1. The van der Waals surface area contributed by atoms with E-state index in [1.807, 2.05) is 11.8 Å². The molecule has 0 amide bonds. The van der Waals surface area contributed by atoms with Crippen molar-refractivity contribution in [2.24, 2.45) is 4.99 Å². The molecule has 2 rings (SSSR count). The lowest BCUT2D eigenvalue weighted by Crippen LogP contribution is -2.56. The molecule has 0 bridgehead atoms. The van der Waals surface area contributed by atoms with Gasteiger partial charge >= 0.3 is 6.18 Å². The van der Waals surface area contributed by atoms with Gasteiger partial charge in [-0.05, 0) is 26.0 Å². The molecular weight excluding hydrogens is 409 g/mol. The molecule has 164 valence electrons. The van der Waals surface area contributed by atoms with Gasteiger partial charge in [-0.3, -0.25) is 14.9 Å². The summed E-state index contributed by atoms with van der Waals surface area (Å²) in [7, 11) is -3.66. The van der Waals surface area contributed by atoms with E-state index in [9.17, 15) is 21.6 Å². The fraction of sp³-hybridized carbons (Fsp3) is 0.647. The van der Waals surface area contributed by atoms with Crippen LogP contribution in [0.15, 0.2) is 34.4 Å². The Hall–Kier alpha value is -1.92. The lowest BCUT2D eigenvalue weighted by molar-refractivity contribution is -0.181. The summed E-state index contributed by atoms with van der Waals surface area (Å²) in [5.74, 6) is 0.562. The Morgan fingerprint density at radius 2 is 2.00 bits per heavy atom. The number of hydrogen-bond donors (Lipinski definition) is 2. The average Bonchev–Trinajstić information content (AvgIpc) is 2.70. The normalized spacial score (nSPS) is 18.0. The lowest BCUT2D eigenvalue weighted by atomic mass is 10.2. The maximum atomic E-state index is 12.9. The maximum absolute atomic E-state index is 12.9. The number of piperazine rings is 1. The van der Waals surface area contributed by atoms with E-state index in [0.29, 0.717) is 25.6 Å². The van der Waals surface area contributed by atoms with Crippen molar-refractivity contribution in [2.45, 2.75) is 31.0 Å². The van der Waals surface area contributed by atoms with Crippen molar-refractivity contribution in [1.29, 1.82) is 0 Å². The Morgan fingerprint density at radius 3 is 2.55 bits per heavy atom. The first-order chi connectivity index (χ1) is 13.6. The van der Waals surface area contributed by atoms with Crippen LogP contribution in [0.1, 0.15) is 13.8 Å². The summed E-state index contributed by atoms with van der Waals surface area (Å²) < 4.78 is 65.4. The molecule has 0 saturated carbocycles. The highest BCUT2D eigenvalue weighted by Crippen LogP contribution is 2.25. The number of pyridine rings is 1. The SMILES string of the molecule is CCNC(=NCCNS(=O)(=O)c1cccnc1)N1CCN(C(C)C(F)(F)F)CC1. The topological polar surface area (TPSA) is 89.9 Å². The zero-order chi connectivity index (χ0) is 21.5. The number of nitrogens with one attached hydrogen (secondary N) is 2. The van der Waals surface area contributed by atoms with Crippen LogP contribution in [0.5, 0.6) is 0 Å². The second-order valence-electron chi connectivity index (χ2n) is 6.56. The second-order valence-corrected chi connectivity index (χ2v) is 8.33. The summed E-state index contributed by atoms with van der Waals surface area (Å²) in [6, 6.07) is 1.50. The van der Waals surface area contributed by atoms with Crippen LogP contribution in [0.25, 0.3) is 0 Å². The minimum Gasteiger partial charge on any atom is -0.357 e. The van der Waals surface area contributed by atoms with Gasteiger partial charge in [0.1, 0.15) is 10.9 Å². The average molecular weight is 437 g/mol. The third kappa shape index (κ3) is 6.82. The number of sulfonamides is 1. The largest absolute Gasteiger partial charge is 0.403 e. The fourth-order valence-electron chi connectivity index (χ4n) is 2.89. The molecule has 12 heteroatoms. The highest BCUT2D eigenvalue weighted by Gasteiger charge is 2.41. The molecule has 1 aromatic heterocycles. The van der Waals surface area contributed by atoms with Crippen LogP contribution >= 0.6 is 0 Å². The fourth-order valence-corrected chi connectivity index (χ4v) is 3.87. The second kappa shape index (κ2) is 10.2. The first-order valence-electron chi connectivity index (χ1n) is 9.39. The van der Waals surface area contributed by atoms with Gasteiger partial charge in [0.2, 0.25) is 10.0 Å². The van der Waals surface area contributed by atoms with Crippen molar-refractivity contribution in [3.63, 3.8) is 0 Å². The van der Waals surface area contributed by atoms with Gasteiger partial charge in [0.05, 0.1) is 6.54 Å². The number of halogens is 3. The molecule has 1 saturated heterocycles. The van der Waals surface area contributed by atoms with Gasteiger partial charge in [-0.15, -0.1) is 0 Å². The van der Waals surface area contributed by atoms with E-state index in [2.05, 4.69) is 20.0 Å². The summed E-state index contributed by atoms with van der Waals surface area (Å²) in [6.45, 7) is 5.32. The van der Waals surface area contributed by atoms with Crippen molar-refractivity contribution in [3.05, 3.63) is 24.5 Å². The quantitative estimate of drug-likeness (QED) is 0.375. The predicted molar refractivity (Wildman–Crippen MR) is 104 cm³/mol. The van der Waals surface area contributed by atoms with Crippen molar-refractivity contribution >= 4 is 16.0 Å². The predicted octanol–water partition coefficient (Wildman–Crippen LogP) is 0.894. The smallest absolute Gasteiger partial charge is 0.357 e. The Morgan fingerprint density at radius 1 is 1.31 bits per heavy atom. The standard InChI is InChI=1S/C17H27F3N6O2S/c1-3-22-16(26-11-9-25(10-12-26)14(2)17(18,19)20)23-7-8-24-29(27,28)15-5-4-6-21-13-15/h4-6,13-14,24H,3,7-12H2,1-2H3,(H,22,23). The molecule has 29 heavy (non-hydrogen) atoms. The molecule has 1 unspecified atom stereocenters. The van der Waals surface area contributed by atoms with Crippen LogP contribution < -0.4 is 10.0 Å². The summed E-state index contributed by atoms with van der Waals surface area (Å²) in [6.07, 6.45) is -1.50. The number of aromatic nitrogens is 1. The molecule has 1 atom stereocenters. The van der Waals surface area contributed by atoms with E-state index in [0.717, 1.165) is 0 Å². The molecule has 0 aliphatic carbocycles. The van der Waals surface area contributed by atoms with Gasteiger partial charge in [0, 0.05) is 51.7 Å². The third-order valence-electron chi connectivity index (χ3n) is 4.58. The van der Waals surface area contributed by atoms with E-state index in [-0.39, 0.29) is 31.1 Å². The summed E-state index contributed by atoms with van der Waals surface area (Å²) in [5.41, 5.74) is 0. The van der Waals surface area contributed by atoms with Crippen molar-refractivity contribution in [3.8, 4) is 0 Å². The van der Waals surface area contributed by atoms with E-state index >= 15 is 0 Å². The molecular formula is C17H27F3N6O2S. The van der Waals surface area contributed by atoms with Gasteiger partial charge in [0.15, 0.2) is 5.96 Å². The van der Waals surface area contributed by atoms with Crippen molar-refractivity contribution < 1.29 is 21.6 Å². The van der Waals surface area contributed by atoms with Crippen molar-refractivity contribution in [2.75, 3.05) is 45.8 Å². The molecule has 0 radical (unpaired) electrons. The summed E-state index contributed by atoms with van der Waals surface area (Å²) in [4.78, 5) is 11.6. The van der Waals surface area contributed by atoms with E-state index in [1.54, 1.807) is 0 Å². The summed E-state index contributed by atoms with van der Waals surface area (Å²) >= 11 is 0. The zero-order valence-electron chi connectivity index (χ0n) is 16.5. The minimum absolute atomic E-state index is 0.0748. The number of aliphatic imine (C=N–C) groups is 1. The van der Waals surface area contributed by atoms with Crippen molar-refractivity contribution in [1.82, 2.24) is 24.8 Å². The molecule has 2 N–H and O–H groups in total. The van der Waals surface area contributed by atoms with Crippen LogP contribution in [0, 0.1) is 0 Å². The van der Waals surface area contributed by atoms with Crippen LogP contribution in [0.2, 0.25) is 0 Å². The Balaban J connectivity index is 1.89. The van der Waals surface area contributed by atoms with Gasteiger partial charge in [-0.2, -0.15) is 13.2 Å². The highest BCUT2D eigenvalue weighted by atomic mass is 32.2. The van der Waals surface area contributed by atoms with Crippen LogP contribution in [-0.2, 0) is 10.0 Å². The molecule has 1 aliphatic heterocycles. The maximum Gasteiger partial charge on any atom is 0.403 e. The van der Waals surface area contributed by atoms with Gasteiger partial charge < -0.3 is 10.2 Å².